The van der Waals surface area contributed by atoms with E-state index in [1.165, 1.54) is 36.8 Å². The van der Waals surface area contributed by atoms with E-state index in [9.17, 15) is 0 Å². The number of halogens is 1. The molecule has 3 N–H and O–H groups in total. The molecule has 1 aromatic carbocycles. The predicted molar refractivity (Wildman–Crippen MR) is 109 cm³/mol. The number of aryl methyl sites for hydroxylation is 2. The van der Waals surface area contributed by atoms with E-state index in [-0.39, 0.29) is 29.4 Å². The Bertz CT molecular complexity index is 639. The molecule has 1 spiro atoms. The van der Waals surface area contributed by atoms with Crippen LogP contribution >= 0.6 is 24.0 Å². The first-order valence-corrected chi connectivity index (χ1v) is 8.89. The molecule has 3 atom stereocenters. The van der Waals surface area contributed by atoms with Crippen molar-refractivity contribution in [2.24, 2.45) is 22.1 Å². The van der Waals surface area contributed by atoms with Gasteiger partial charge in [0.1, 0.15) is 0 Å². The van der Waals surface area contributed by atoms with Crippen LogP contribution in [0.25, 0.3) is 0 Å². The molecule has 2 aliphatic carbocycles. The second-order valence-corrected chi connectivity index (χ2v) is 7.57. The maximum Gasteiger partial charge on any atom is 0.193 e. The lowest BCUT2D eigenvalue weighted by molar-refractivity contribution is -0.117. The third kappa shape index (κ3) is 2.83. The Morgan fingerprint density at radius 1 is 1.25 bits per heavy atom. The monoisotopic (exact) mass is 441 g/mol. The zero-order chi connectivity index (χ0) is 16.0. The number of nitrogens with one attached hydrogen (secondary N) is 1. The van der Waals surface area contributed by atoms with Crippen LogP contribution in [0.4, 0.5) is 5.69 Å². The number of ether oxygens (including phenoxy) is 1. The average molecular weight is 441 g/mol. The Morgan fingerprint density at radius 2 is 2.00 bits per heavy atom. The predicted octanol–water partition coefficient (Wildman–Crippen LogP) is 4.00. The molecule has 3 aliphatic rings. The van der Waals surface area contributed by atoms with Crippen molar-refractivity contribution in [1.29, 1.82) is 0 Å². The molecule has 4 nitrogen and oxygen atoms in total. The Balaban J connectivity index is 0.00000169. The van der Waals surface area contributed by atoms with Crippen LogP contribution in [0.1, 0.15) is 43.2 Å². The lowest BCUT2D eigenvalue weighted by Crippen LogP contribution is -2.61. The first-order valence-electron chi connectivity index (χ1n) is 8.89. The van der Waals surface area contributed by atoms with Crippen LogP contribution in [0.2, 0.25) is 0 Å². The highest BCUT2D eigenvalue weighted by Crippen LogP contribution is 2.62. The first-order chi connectivity index (χ1) is 11.1. The quantitative estimate of drug-likeness (QED) is 0.415. The first kappa shape index (κ1) is 18.0. The second kappa shape index (κ2) is 6.83. The highest BCUT2D eigenvalue weighted by atomic mass is 127. The van der Waals surface area contributed by atoms with Gasteiger partial charge in [0.05, 0.1) is 12.1 Å². The molecule has 0 aromatic heterocycles. The number of guanidine groups is 1. The minimum Gasteiger partial charge on any atom is -0.377 e. The van der Waals surface area contributed by atoms with Crippen molar-refractivity contribution in [3.63, 3.8) is 0 Å². The topological polar surface area (TPSA) is 59.6 Å². The number of rotatable bonds is 2. The van der Waals surface area contributed by atoms with Crippen molar-refractivity contribution in [2.75, 3.05) is 11.9 Å². The summed E-state index contributed by atoms with van der Waals surface area (Å²) in [6.07, 6.45) is 6.69. The second-order valence-electron chi connectivity index (χ2n) is 7.57. The molecule has 4 rings (SSSR count). The van der Waals surface area contributed by atoms with E-state index in [2.05, 4.69) is 37.4 Å². The minimum absolute atomic E-state index is 0. The maximum atomic E-state index is 6.24. The number of fused-ring (bicyclic) bond motifs is 2. The molecule has 5 heteroatoms. The van der Waals surface area contributed by atoms with Crippen LogP contribution in [-0.4, -0.2) is 24.7 Å². The van der Waals surface area contributed by atoms with Gasteiger partial charge in [0, 0.05) is 23.6 Å². The molecule has 0 radical (unpaired) electrons. The van der Waals surface area contributed by atoms with Gasteiger partial charge in [-0.2, -0.15) is 0 Å². The summed E-state index contributed by atoms with van der Waals surface area (Å²) in [5.74, 6) is 1.13. The third-order valence-electron chi connectivity index (χ3n) is 6.29. The van der Waals surface area contributed by atoms with E-state index >= 15 is 0 Å². The van der Waals surface area contributed by atoms with Crippen molar-refractivity contribution in [1.82, 2.24) is 0 Å². The number of nitrogens with zero attached hydrogens (tertiary/aromatic N) is 1. The molecule has 132 valence electrons. The highest BCUT2D eigenvalue weighted by Gasteiger charge is 2.65. The van der Waals surface area contributed by atoms with Gasteiger partial charge in [-0.15, -0.1) is 24.0 Å². The van der Waals surface area contributed by atoms with E-state index in [4.69, 9.17) is 15.5 Å². The molecule has 1 aliphatic heterocycles. The molecule has 24 heavy (non-hydrogen) atoms. The average Bonchev–Trinajstić information content (AvgIpc) is 3.16. The van der Waals surface area contributed by atoms with Crippen molar-refractivity contribution < 1.29 is 4.74 Å². The number of anilines is 1. The van der Waals surface area contributed by atoms with Crippen LogP contribution in [0.15, 0.2) is 23.2 Å². The zero-order valence-electron chi connectivity index (χ0n) is 14.5. The normalized spacial score (nSPS) is 30.6. The fourth-order valence-corrected chi connectivity index (χ4v) is 4.98. The summed E-state index contributed by atoms with van der Waals surface area (Å²) < 4.78 is 6.02. The van der Waals surface area contributed by atoms with E-state index in [1.54, 1.807) is 0 Å². The van der Waals surface area contributed by atoms with Crippen LogP contribution in [0.5, 0.6) is 0 Å². The summed E-state index contributed by atoms with van der Waals surface area (Å²) in [5, 5.41) is 3.28. The third-order valence-corrected chi connectivity index (χ3v) is 6.29. The SMILES string of the molecule is Cc1ccc(NC(N)=NC2C3CCOC3C23CCCC3)cc1C.I. The molecule has 1 aromatic rings. The van der Waals surface area contributed by atoms with Gasteiger partial charge in [0.25, 0.3) is 0 Å². The molecular weight excluding hydrogens is 413 g/mol. The molecule has 2 saturated carbocycles. The molecule has 0 bridgehead atoms. The highest BCUT2D eigenvalue weighted by molar-refractivity contribution is 14.0. The Kier molecular flexibility index (Phi) is 5.12. The van der Waals surface area contributed by atoms with Crippen LogP contribution in [-0.2, 0) is 4.74 Å². The van der Waals surface area contributed by atoms with E-state index in [1.807, 2.05) is 0 Å². The summed E-state index contributed by atoms with van der Waals surface area (Å²) in [5.41, 5.74) is 10.1. The number of hydrogen-bond acceptors (Lipinski definition) is 2. The van der Waals surface area contributed by atoms with Crippen molar-refractivity contribution >= 4 is 35.6 Å². The van der Waals surface area contributed by atoms with Crippen molar-refractivity contribution in [3.05, 3.63) is 29.3 Å². The van der Waals surface area contributed by atoms with Crippen LogP contribution < -0.4 is 11.1 Å². The lowest BCUT2D eigenvalue weighted by Gasteiger charge is -2.54. The fraction of sp³-hybridized carbons (Fsp3) is 0.632. The molecule has 1 saturated heterocycles. The molecule has 3 unspecified atom stereocenters. The molecular formula is C19H28IN3O. The summed E-state index contributed by atoms with van der Waals surface area (Å²) in [4.78, 5) is 4.91. The summed E-state index contributed by atoms with van der Waals surface area (Å²) >= 11 is 0. The smallest absolute Gasteiger partial charge is 0.193 e. The summed E-state index contributed by atoms with van der Waals surface area (Å²) in [7, 11) is 0. The number of nitrogens with two attached hydrogens (primary N) is 1. The van der Waals surface area contributed by atoms with Crippen LogP contribution in [0.3, 0.4) is 0 Å². The van der Waals surface area contributed by atoms with Gasteiger partial charge < -0.3 is 15.8 Å². The van der Waals surface area contributed by atoms with Gasteiger partial charge in [-0.3, -0.25) is 0 Å². The number of benzene rings is 1. The minimum atomic E-state index is 0. The summed E-state index contributed by atoms with van der Waals surface area (Å²) in [6.45, 7) is 5.14. The maximum absolute atomic E-state index is 6.24. The zero-order valence-corrected chi connectivity index (χ0v) is 16.9. The van der Waals surface area contributed by atoms with Gasteiger partial charge in [0.2, 0.25) is 0 Å². The molecule has 0 amide bonds. The lowest BCUT2D eigenvalue weighted by atomic mass is 9.54. The van der Waals surface area contributed by atoms with E-state index in [0.29, 0.717) is 24.0 Å². The summed E-state index contributed by atoms with van der Waals surface area (Å²) in [6, 6.07) is 6.66. The van der Waals surface area contributed by atoms with Gasteiger partial charge in [-0.25, -0.2) is 4.99 Å². The Labute approximate surface area is 161 Å². The van der Waals surface area contributed by atoms with Gasteiger partial charge in [0.15, 0.2) is 5.96 Å². The van der Waals surface area contributed by atoms with Crippen molar-refractivity contribution in [2.45, 2.75) is 58.1 Å². The molecule has 1 heterocycles. The van der Waals surface area contributed by atoms with Gasteiger partial charge in [-0.05, 0) is 56.4 Å². The van der Waals surface area contributed by atoms with Gasteiger partial charge in [-0.1, -0.05) is 18.9 Å². The largest absolute Gasteiger partial charge is 0.377 e. The fourth-order valence-electron chi connectivity index (χ4n) is 4.98. The molecule has 3 fully saturated rings. The van der Waals surface area contributed by atoms with E-state index < -0.39 is 0 Å². The Hall–Kier alpha value is -0.820. The number of aliphatic imine (C=N–C) groups is 1. The van der Waals surface area contributed by atoms with Gasteiger partial charge >= 0.3 is 0 Å². The van der Waals surface area contributed by atoms with E-state index in [0.717, 1.165) is 18.7 Å². The standard InChI is InChI=1S/C19H27N3O.HI/c1-12-5-6-14(11-13(12)2)21-18(20)22-16-15-7-10-23-17(15)19(16)8-3-4-9-19;/h5-6,11,15-17H,3-4,7-10H2,1-2H3,(H3,20,21,22);1H. The van der Waals surface area contributed by atoms with Crippen molar-refractivity contribution in [3.8, 4) is 0 Å². The van der Waals surface area contributed by atoms with Crippen LogP contribution in [0, 0.1) is 25.2 Å². The Morgan fingerprint density at radius 3 is 2.71 bits per heavy atom. The number of hydrogen-bond donors (Lipinski definition) is 2.